The third kappa shape index (κ3) is 3.98. The van der Waals surface area contributed by atoms with E-state index in [1.54, 1.807) is 12.1 Å². The zero-order chi connectivity index (χ0) is 12.8. The highest BCUT2D eigenvalue weighted by molar-refractivity contribution is 6.36. The molecule has 0 unspecified atom stereocenters. The number of halogens is 2. The number of rotatable bonds is 4. The molecule has 17 heavy (non-hydrogen) atoms. The summed E-state index contributed by atoms with van der Waals surface area (Å²) in [5.74, 6) is 0.469. The van der Waals surface area contributed by atoms with Gasteiger partial charge in [0.1, 0.15) is 5.75 Å². The number of amides is 2. The van der Waals surface area contributed by atoms with Gasteiger partial charge in [-0.25, -0.2) is 4.79 Å². The van der Waals surface area contributed by atoms with Crippen LogP contribution >= 0.6 is 23.2 Å². The van der Waals surface area contributed by atoms with Crippen molar-refractivity contribution in [3.05, 3.63) is 22.2 Å². The molecule has 2 N–H and O–H groups in total. The van der Waals surface area contributed by atoms with E-state index < -0.39 is 0 Å². The Hall–Kier alpha value is -1.13. The van der Waals surface area contributed by atoms with E-state index >= 15 is 0 Å². The van der Waals surface area contributed by atoms with Gasteiger partial charge >= 0.3 is 6.03 Å². The highest BCUT2D eigenvalue weighted by atomic mass is 35.5. The maximum atomic E-state index is 11.4. The summed E-state index contributed by atoms with van der Waals surface area (Å²) >= 11 is 11.9. The fourth-order valence-corrected chi connectivity index (χ4v) is 1.63. The molecule has 0 saturated heterocycles. The number of carbonyl (C=O) groups is 1. The normalized spacial score (nSPS) is 9.88. The van der Waals surface area contributed by atoms with Crippen LogP contribution in [0.2, 0.25) is 10.0 Å². The third-order valence-corrected chi connectivity index (χ3v) is 2.63. The predicted molar refractivity (Wildman–Crippen MR) is 70.3 cm³/mol. The van der Waals surface area contributed by atoms with E-state index in [1.165, 1.54) is 7.11 Å². The van der Waals surface area contributed by atoms with Crippen LogP contribution in [0.4, 0.5) is 10.5 Å². The molecule has 0 aliphatic carbocycles. The fourth-order valence-electron chi connectivity index (χ4n) is 1.19. The predicted octanol–water partition coefficient (Wildman–Crippen LogP) is 3.53. The van der Waals surface area contributed by atoms with E-state index in [2.05, 4.69) is 10.6 Å². The Bertz CT molecular complexity index is 411. The van der Waals surface area contributed by atoms with Crippen molar-refractivity contribution in [2.75, 3.05) is 19.0 Å². The quantitative estimate of drug-likeness (QED) is 0.884. The molecule has 0 heterocycles. The highest BCUT2D eigenvalue weighted by Crippen LogP contribution is 2.33. The minimum Gasteiger partial charge on any atom is -0.495 e. The topological polar surface area (TPSA) is 50.4 Å². The third-order valence-electron chi connectivity index (χ3n) is 2.03. The van der Waals surface area contributed by atoms with Gasteiger partial charge in [0, 0.05) is 12.6 Å². The van der Waals surface area contributed by atoms with Crippen molar-refractivity contribution in [1.82, 2.24) is 5.32 Å². The van der Waals surface area contributed by atoms with E-state index in [1.807, 2.05) is 6.92 Å². The Kier molecular flexibility index (Phi) is 5.38. The van der Waals surface area contributed by atoms with E-state index in [9.17, 15) is 4.79 Å². The Morgan fingerprint density at radius 1 is 1.35 bits per heavy atom. The standard InChI is InChI=1S/C11H14Cl2N2O2/c1-3-4-14-11(16)15-9-5-8(13)10(17-2)6-7(9)12/h5-6H,3-4H2,1-2H3,(H2,14,15,16). The molecule has 1 aromatic carbocycles. The molecule has 2 amide bonds. The summed E-state index contributed by atoms with van der Waals surface area (Å²) in [6, 6.07) is 2.79. The first-order chi connectivity index (χ1) is 8.08. The van der Waals surface area contributed by atoms with Gasteiger partial charge in [0.05, 0.1) is 22.8 Å². The summed E-state index contributed by atoms with van der Waals surface area (Å²) in [7, 11) is 1.50. The molecule has 0 radical (unpaired) electrons. The van der Waals surface area contributed by atoms with Crippen molar-refractivity contribution < 1.29 is 9.53 Å². The Morgan fingerprint density at radius 2 is 2.06 bits per heavy atom. The van der Waals surface area contributed by atoms with Crippen molar-refractivity contribution >= 4 is 34.9 Å². The van der Waals surface area contributed by atoms with Gasteiger partial charge in [-0.1, -0.05) is 30.1 Å². The van der Waals surface area contributed by atoms with Gasteiger partial charge in [0.2, 0.25) is 0 Å². The smallest absolute Gasteiger partial charge is 0.319 e. The Balaban J connectivity index is 2.78. The molecule has 0 atom stereocenters. The molecule has 0 spiro atoms. The van der Waals surface area contributed by atoms with E-state index in [0.29, 0.717) is 28.0 Å². The molecular formula is C11H14Cl2N2O2. The molecule has 0 fully saturated rings. The highest BCUT2D eigenvalue weighted by Gasteiger charge is 2.09. The van der Waals surface area contributed by atoms with Crippen molar-refractivity contribution in [2.45, 2.75) is 13.3 Å². The second kappa shape index (κ2) is 6.57. The van der Waals surface area contributed by atoms with Gasteiger partial charge in [-0.05, 0) is 12.5 Å². The van der Waals surface area contributed by atoms with Crippen LogP contribution in [-0.4, -0.2) is 19.7 Å². The molecule has 1 aromatic rings. The summed E-state index contributed by atoms with van der Waals surface area (Å²) in [4.78, 5) is 11.4. The van der Waals surface area contributed by atoms with Crippen LogP contribution in [0.1, 0.15) is 13.3 Å². The SMILES string of the molecule is CCCNC(=O)Nc1cc(Cl)c(OC)cc1Cl. The maximum absolute atomic E-state index is 11.4. The van der Waals surface area contributed by atoms with Crippen molar-refractivity contribution in [1.29, 1.82) is 0 Å². The van der Waals surface area contributed by atoms with Gasteiger partial charge in [0.15, 0.2) is 0 Å². The number of hydrogen-bond acceptors (Lipinski definition) is 2. The average Bonchev–Trinajstić information content (AvgIpc) is 2.30. The average molecular weight is 277 g/mol. The van der Waals surface area contributed by atoms with Crippen LogP contribution in [0.15, 0.2) is 12.1 Å². The maximum Gasteiger partial charge on any atom is 0.319 e. The van der Waals surface area contributed by atoms with Gasteiger partial charge in [-0.15, -0.1) is 0 Å². The summed E-state index contributed by atoms with van der Waals surface area (Å²) in [5.41, 5.74) is 0.450. The number of hydrogen-bond donors (Lipinski definition) is 2. The molecule has 0 saturated carbocycles. The van der Waals surface area contributed by atoms with Gasteiger partial charge in [0.25, 0.3) is 0 Å². The van der Waals surface area contributed by atoms with E-state index in [-0.39, 0.29) is 6.03 Å². The first-order valence-corrected chi connectivity index (χ1v) is 5.92. The minimum atomic E-state index is -0.310. The molecule has 0 bridgehead atoms. The first-order valence-electron chi connectivity index (χ1n) is 5.16. The number of carbonyl (C=O) groups excluding carboxylic acids is 1. The van der Waals surface area contributed by atoms with Crippen LogP contribution in [0.25, 0.3) is 0 Å². The van der Waals surface area contributed by atoms with Crippen molar-refractivity contribution in [3.63, 3.8) is 0 Å². The molecule has 6 heteroatoms. The number of benzene rings is 1. The number of nitrogens with one attached hydrogen (secondary N) is 2. The molecule has 0 aliphatic heterocycles. The summed E-state index contributed by atoms with van der Waals surface area (Å²) in [6.45, 7) is 2.57. The van der Waals surface area contributed by atoms with Crippen LogP contribution < -0.4 is 15.4 Å². The van der Waals surface area contributed by atoms with Gasteiger partial charge < -0.3 is 15.4 Å². The van der Waals surface area contributed by atoms with Gasteiger partial charge in [-0.3, -0.25) is 0 Å². The van der Waals surface area contributed by atoms with Crippen molar-refractivity contribution in [3.8, 4) is 5.75 Å². The Labute approximate surface area is 110 Å². The lowest BCUT2D eigenvalue weighted by Gasteiger charge is -2.10. The van der Waals surface area contributed by atoms with Crippen LogP contribution in [0.5, 0.6) is 5.75 Å². The molecule has 0 aromatic heterocycles. The molecule has 1 rings (SSSR count). The van der Waals surface area contributed by atoms with Crippen LogP contribution in [0, 0.1) is 0 Å². The summed E-state index contributed by atoms with van der Waals surface area (Å²) in [6.07, 6.45) is 0.866. The molecular weight excluding hydrogens is 263 g/mol. The number of anilines is 1. The number of ether oxygens (including phenoxy) is 1. The first kappa shape index (κ1) is 13.9. The van der Waals surface area contributed by atoms with E-state index in [4.69, 9.17) is 27.9 Å². The zero-order valence-electron chi connectivity index (χ0n) is 9.64. The second-order valence-electron chi connectivity index (χ2n) is 3.35. The monoisotopic (exact) mass is 276 g/mol. The van der Waals surface area contributed by atoms with Crippen molar-refractivity contribution in [2.24, 2.45) is 0 Å². The molecule has 4 nitrogen and oxygen atoms in total. The van der Waals surface area contributed by atoms with Crippen LogP contribution in [0.3, 0.4) is 0 Å². The number of methoxy groups -OCH3 is 1. The summed E-state index contributed by atoms with van der Waals surface area (Å²) < 4.78 is 5.01. The lowest BCUT2D eigenvalue weighted by Crippen LogP contribution is -2.29. The molecule has 0 aliphatic rings. The lowest BCUT2D eigenvalue weighted by molar-refractivity contribution is 0.252. The molecule has 94 valence electrons. The fraction of sp³-hybridized carbons (Fsp3) is 0.364. The number of urea groups is 1. The van der Waals surface area contributed by atoms with Gasteiger partial charge in [-0.2, -0.15) is 0 Å². The zero-order valence-corrected chi connectivity index (χ0v) is 11.2. The minimum absolute atomic E-state index is 0.310. The Morgan fingerprint density at radius 3 is 2.65 bits per heavy atom. The lowest BCUT2D eigenvalue weighted by atomic mass is 10.3. The van der Waals surface area contributed by atoms with E-state index in [0.717, 1.165) is 6.42 Å². The second-order valence-corrected chi connectivity index (χ2v) is 4.16. The summed E-state index contributed by atoms with van der Waals surface area (Å²) in [5, 5.41) is 6.05. The van der Waals surface area contributed by atoms with Crippen LogP contribution in [-0.2, 0) is 0 Å². The largest absolute Gasteiger partial charge is 0.495 e.